The molecular formula is C18H16N6O2S. The predicted molar refractivity (Wildman–Crippen MR) is 99.7 cm³/mol. The van der Waals surface area contributed by atoms with Crippen molar-refractivity contribution in [2.24, 2.45) is 0 Å². The predicted octanol–water partition coefficient (Wildman–Crippen LogP) is 3.32. The molecule has 136 valence electrons. The molecule has 0 amide bonds. The fraction of sp³-hybridized carbons (Fsp3) is 0.167. The molecule has 0 saturated carbocycles. The van der Waals surface area contributed by atoms with E-state index in [2.05, 4.69) is 25.7 Å². The minimum Gasteiger partial charge on any atom is -0.494 e. The van der Waals surface area contributed by atoms with Gasteiger partial charge in [-0.25, -0.2) is 0 Å². The molecule has 0 fully saturated rings. The summed E-state index contributed by atoms with van der Waals surface area (Å²) in [5, 5.41) is 20.8. The number of benzene rings is 2. The number of rotatable bonds is 6. The molecule has 0 N–H and O–H groups in total. The second kappa shape index (κ2) is 7.58. The summed E-state index contributed by atoms with van der Waals surface area (Å²) in [6.07, 6.45) is 0. The van der Waals surface area contributed by atoms with Crippen LogP contribution in [-0.2, 0) is 5.75 Å². The van der Waals surface area contributed by atoms with Gasteiger partial charge in [0, 0.05) is 5.56 Å². The summed E-state index contributed by atoms with van der Waals surface area (Å²) in [4.78, 5) is 0. The Morgan fingerprint density at radius 3 is 2.74 bits per heavy atom. The number of ether oxygens (including phenoxy) is 1. The zero-order valence-corrected chi connectivity index (χ0v) is 15.6. The minimum atomic E-state index is 0.453. The highest BCUT2D eigenvalue weighted by molar-refractivity contribution is 7.98. The SMILES string of the molecule is COc1ccc(C)cc1-n1nnnc1SCc1nnc(-c2ccccc2)o1. The molecule has 0 aliphatic carbocycles. The topological polar surface area (TPSA) is 91.8 Å². The van der Waals surface area contributed by atoms with Gasteiger partial charge in [0.2, 0.25) is 16.9 Å². The smallest absolute Gasteiger partial charge is 0.247 e. The van der Waals surface area contributed by atoms with Crippen LogP contribution in [0.4, 0.5) is 0 Å². The lowest BCUT2D eigenvalue weighted by atomic mass is 10.2. The quantitative estimate of drug-likeness (QED) is 0.470. The maximum absolute atomic E-state index is 5.73. The maximum Gasteiger partial charge on any atom is 0.247 e. The van der Waals surface area contributed by atoms with Crippen molar-refractivity contribution < 1.29 is 9.15 Å². The first-order chi connectivity index (χ1) is 13.2. The monoisotopic (exact) mass is 380 g/mol. The van der Waals surface area contributed by atoms with Crippen molar-refractivity contribution in [3.63, 3.8) is 0 Å². The maximum atomic E-state index is 5.73. The van der Waals surface area contributed by atoms with E-state index in [1.165, 1.54) is 11.8 Å². The van der Waals surface area contributed by atoms with E-state index in [0.29, 0.717) is 28.4 Å². The number of aromatic nitrogens is 6. The molecule has 4 aromatic rings. The molecule has 0 saturated heterocycles. The molecule has 0 aliphatic rings. The molecule has 9 heteroatoms. The van der Waals surface area contributed by atoms with Gasteiger partial charge in [0.25, 0.3) is 0 Å². The summed E-state index contributed by atoms with van der Waals surface area (Å²) >= 11 is 1.41. The first-order valence-corrected chi connectivity index (χ1v) is 9.17. The van der Waals surface area contributed by atoms with Crippen LogP contribution in [0.5, 0.6) is 5.75 Å². The molecule has 8 nitrogen and oxygen atoms in total. The summed E-state index contributed by atoms with van der Waals surface area (Å²) < 4.78 is 12.8. The Kier molecular flexibility index (Phi) is 4.84. The lowest BCUT2D eigenvalue weighted by molar-refractivity contribution is 0.410. The van der Waals surface area contributed by atoms with Gasteiger partial charge in [0.15, 0.2) is 0 Å². The molecule has 0 bridgehead atoms. The summed E-state index contributed by atoms with van der Waals surface area (Å²) in [5.74, 6) is 2.14. The van der Waals surface area contributed by atoms with E-state index >= 15 is 0 Å². The van der Waals surface area contributed by atoms with Crippen molar-refractivity contribution in [3.8, 4) is 22.9 Å². The van der Waals surface area contributed by atoms with Crippen molar-refractivity contribution >= 4 is 11.8 Å². The van der Waals surface area contributed by atoms with Crippen LogP contribution in [0.3, 0.4) is 0 Å². The second-order valence-electron chi connectivity index (χ2n) is 5.70. The Balaban J connectivity index is 1.54. The van der Waals surface area contributed by atoms with Crippen molar-refractivity contribution in [2.45, 2.75) is 17.8 Å². The van der Waals surface area contributed by atoms with E-state index < -0.39 is 0 Å². The zero-order valence-electron chi connectivity index (χ0n) is 14.7. The van der Waals surface area contributed by atoms with Gasteiger partial charge in [-0.15, -0.1) is 15.3 Å². The number of hydrogen-bond acceptors (Lipinski definition) is 8. The van der Waals surface area contributed by atoms with Crippen LogP contribution in [-0.4, -0.2) is 37.5 Å². The molecule has 2 aromatic heterocycles. The van der Waals surface area contributed by atoms with Crippen molar-refractivity contribution in [3.05, 3.63) is 60.0 Å². The third-order valence-electron chi connectivity index (χ3n) is 3.82. The van der Waals surface area contributed by atoms with Gasteiger partial charge in [0.1, 0.15) is 11.4 Å². The Morgan fingerprint density at radius 1 is 1.07 bits per heavy atom. The Hall–Kier alpha value is -3.20. The highest BCUT2D eigenvalue weighted by Crippen LogP contribution is 2.28. The van der Waals surface area contributed by atoms with Crippen molar-refractivity contribution in [2.75, 3.05) is 7.11 Å². The van der Waals surface area contributed by atoms with E-state index in [-0.39, 0.29) is 0 Å². The van der Waals surface area contributed by atoms with Gasteiger partial charge in [0.05, 0.1) is 12.9 Å². The zero-order chi connectivity index (χ0) is 18.6. The van der Waals surface area contributed by atoms with E-state index in [1.807, 2.05) is 55.5 Å². The van der Waals surface area contributed by atoms with Gasteiger partial charge in [-0.3, -0.25) is 0 Å². The molecular weight excluding hydrogens is 364 g/mol. The van der Waals surface area contributed by atoms with Crippen LogP contribution in [0.15, 0.2) is 58.1 Å². The van der Waals surface area contributed by atoms with Crippen LogP contribution in [0.1, 0.15) is 11.5 Å². The molecule has 2 heterocycles. The molecule has 0 spiro atoms. The summed E-state index contributed by atoms with van der Waals surface area (Å²) in [5.41, 5.74) is 2.75. The Morgan fingerprint density at radius 2 is 1.93 bits per heavy atom. The molecule has 4 rings (SSSR count). The fourth-order valence-electron chi connectivity index (χ4n) is 2.52. The summed E-state index contributed by atoms with van der Waals surface area (Å²) in [6, 6.07) is 15.5. The van der Waals surface area contributed by atoms with E-state index in [9.17, 15) is 0 Å². The van der Waals surface area contributed by atoms with Crippen molar-refractivity contribution in [1.82, 2.24) is 30.4 Å². The van der Waals surface area contributed by atoms with Gasteiger partial charge in [-0.2, -0.15) is 4.68 Å². The molecule has 0 unspecified atom stereocenters. The van der Waals surface area contributed by atoms with Crippen LogP contribution in [0, 0.1) is 6.92 Å². The van der Waals surface area contributed by atoms with Crippen molar-refractivity contribution in [1.29, 1.82) is 0 Å². The standard InChI is InChI=1S/C18H16N6O2S/c1-12-8-9-15(25-2)14(10-12)24-18(21-22-23-24)27-11-16-19-20-17(26-16)13-6-4-3-5-7-13/h3-10H,11H2,1-2H3. The van der Waals surface area contributed by atoms with Gasteiger partial charge >= 0.3 is 0 Å². The Labute approximate surface area is 159 Å². The Bertz CT molecular complexity index is 1050. The number of aryl methyl sites for hydroxylation is 1. The van der Waals surface area contributed by atoms with Gasteiger partial charge in [-0.1, -0.05) is 36.0 Å². The number of methoxy groups -OCH3 is 1. The first kappa shape index (κ1) is 17.2. The highest BCUT2D eigenvalue weighted by Gasteiger charge is 2.16. The van der Waals surface area contributed by atoms with E-state index in [1.54, 1.807) is 11.8 Å². The summed E-state index contributed by atoms with van der Waals surface area (Å²) in [6.45, 7) is 2.00. The minimum absolute atomic E-state index is 0.453. The van der Waals surface area contributed by atoms with Gasteiger partial charge in [-0.05, 0) is 47.2 Å². The third-order valence-corrected chi connectivity index (χ3v) is 4.72. The van der Waals surface area contributed by atoms with Crippen LogP contribution < -0.4 is 4.74 Å². The fourth-order valence-corrected chi connectivity index (χ4v) is 3.24. The normalized spacial score (nSPS) is 10.9. The largest absolute Gasteiger partial charge is 0.494 e. The number of hydrogen-bond donors (Lipinski definition) is 0. The second-order valence-corrected chi connectivity index (χ2v) is 6.65. The highest BCUT2D eigenvalue weighted by atomic mass is 32.2. The lowest BCUT2D eigenvalue weighted by Gasteiger charge is -2.09. The van der Waals surface area contributed by atoms with Crippen LogP contribution in [0.2, 0.25) is 0 Å². The molecule has 27 heavy (non-hydrogen) atoms. The van der Waals surface area contributed by atoms with Gasteiger partial charge < -0.3 is 9.15 Å². The van der Waals surface area contributed by atoms with Crippen LogP contribution >= 0.6 is 11.8 Å². The van der Waals surface area contributed by atoms with E-state index in [0.717, 1.165) is 16.8 Å². The average molecular weight is 380 g/mol. The number of thioether (sulfide) groups is 1. The first-order valence-electron chi connectivity index (χ1n) is 8.18. The average Bonchev–Trinajstić information content (AvgIpc) is 3.36. The number of nitrogens with zero attached hydrogens (tertiary/aromatic N) is 6. The molecule has 0 atom stereocenters. The molecule has 0 aliphatic heterocycles. The number of tetrazole rings is 1. The van der Waals surface area contributed by atoms with E-state index in [4.69, 9.17) is 9.15 Å². The molecule has 2 aromatic carbocycles. The lowest BCUT2D eigenvalue weighted by Crippen LogP contribution is -2.02. The third kappa shape index (κ3) is 3.68. The molecule has 0 radical (unpaired) electrons. The summed E-state index contributed by atoms with van der Waals surface area (Å²) in [7, 11) is 1.62. The van der Waals surface area contributed by atoms with Crippen LogP contribution in [0.25, 0.3) is 17.1 Å².